The van der Waals surface area contributed by atoms with Crippen molar-refractivity contribution < 1.29 is 0 Å². The van der Waals surface area contributed by atoms with Crippen molar-refractivity contribution in [1.82, 2.24) is 0 Å². The lowest BCUT2D eigenvalue weighted by atomic mass is 10.1. The van der Waals surface area contributed by atoms with E-state index in [1.54, 1.807) is 0 Å². The Morgan fingerprint density at radius 2 is 1.17 bits per heavy atom. The summed E-state index contributed by atoms with van der Waals surface area (Å²) in [5.41, 5.74) is 4.30. The summed E-state index contributed by atoms with van der Waals surface area (Å²) in [7, 11) is -0.392. The number of rotatable bonds is 5. The third kappa shape index (κ3) is 4.40. The van der Waals surface area contributed by atoms with Crippen molar-refractivity contribution in [1.29, 1.82) is 0 Å². The van der Waals surface area contributed by atoms with Crippen molar-refractivity contribution in [2.24, 2.45) is 0 Å². The van der Waals surface area contributed by atoms with E-state index in [4.69, 9.17) is 0 Å². The molecule has 0 bridgehead atoms. The van der Waals surface area contributed by atoms with Gasteiger partial charge in [-0.05, 0) is 30.5 Å². The summed E-state index contributed by atoms with van der Waals surface area (Å²) >= 11 is 0. The topological polar surface area (TPSA) is 0 Å². The van der Waals surface area contributed by atoms with Gasteiger partial charge in [0.15, 0.2) is 0 Å². The second-order valence-corrected chi connectivity index (χ2v) is 12.1. The standard InChI is InChI=1S/C21H23PSi/c1-17-13-18(2)15-19(14-17)16-23-22(20-9-5-3-6-10-20)21-11-7-4-8-12-21/h3-15H,16,23H2,1-2H3. The van der Waals surface area contributed by atoms with Gasteiger partial charge in [0.05, 0.1) is 9.19 Å². The van der Waals surface area contributed by atoms with Crippen LogP contribution in [0.5, 0.6) is 0 Å². The van der Waals surface area contributed by atoms with Crippen LogP contribution in [0.25, 0.3) is 0 Å². The van der Waals surface area contributed by atoms with Crippen LogP contribution >= 0.6 is 7.47 Å². The summed E-state index contributed by atoms with van der Waals surface area (Å²) in [6, 6.07) is 30.5. The fourth-order valence-electron chi connectivity index (χ4n) is 3.08. The van der Waals surface area contributed by atoms with Crippen LogP contribution in [0.2, 0.25) is 0 Å². The summed E-state index contributed by atoms with van der Waals surface area (Å²) in [6.07, 6.45) is 0. The average Bonchev–Trinajstić information content (AvgIpc) is 2.56. The molecule has 0 N–H and O–H groups in total. The highest BCUT2D eigenvalue weighted by Gasteiger charge is 2.13. The van der Waals surface area contributed by atoms with E-state index in [0.29, 0.717) is 0 Å². The van der Waals surface area contributed by atoms with E-state index in [-0.39, 0.29) is 16.7 Å². The highest BCUT2D eigenvalue weighted by atomic mass is 31.4. The van der Waals surface area contributed by atoms with Gasteiger partial charge in [0, 0.05) is 0 Å². The Balaban J connectivity index is 1.85. The van der Waals surface area contributed by atoms with E-state index < -0.39 is 0 Å². The number of benzene rings is 3. The first kappa shape index (κ1) is 16.2. The average molecular weight is 334 g/mol. The molecule has 0 aromatic heterocycles. The lowest BCUT2D eigenvalue weighted by Crippen LogP contribution is -2.17. The molecule has 0 aliphatic rings. The largest absolute Gasteiger partial charge is 0.0650 e. The lowest BCUT2D eigenvalue weighted by molar-refractivity contribution is 1.29. The van der Waals surface area contributed by atoms with Gasteiger partial charge in [-0.25, -0.2) is 0 Å². The van der Waals surface area contributed by atoms with E-state index in [2.05, 4.69) is 92.7 Å². The SMILES string of the molecule is Cc1cc(C)cc(C[SiH2]P(c2ccccc2)c2ccccc2)c1. The molecule has 0 radical (unpaired) electrons. The van der Waals surface area contributed by atoms with Crippen LogP contribution in [0.15, 0.2) is 78.9 Å². The van der Waals surface area contributed by atoms with E-state index in [0.717, 1.165) is 0 Å². The molecule has 116 valence electrons. The summed E-state index contributed by atoms with van der Waals surface area (Å²) in [6.45, 7) is 4.41. The quantitative estimate of drug-likeness (QED) is 0.488. The fourth-order valence-corrected chi connectivity index (χ4v) is 9.99. The molecule has 3 rings (SSSR count). The Morgan fingerprint density at radius 1 is 0.696 bits per heavy atom. The predicted molar refractivity (Wildman–Crippen MR) is 107 cm³/mol. The number of hydrogen-bond donors (Lipinski definition) is 0. The monoisotopic (exact) mass is 334 g/mol. The van der Waals surface area contributed by atoms with Crippen molar-refractivity contribution in [3.63, 3.8) is 0 Å². The summed E-state index contributed by atoms with van der Waals surface area (Å²) < 4.78 is 0. The van der Waals surface area contributed by atoms with Gasteiger partial charge in [0.2, 0.25) is 0 Å². The van der Waals surface area contributed by atoms with Crippen LogP contribution in [0.3, 0.4) is 0 Å². The van der Waals surface area contributed by atoms with Crippen LogP contribution < -0.4 is 10.6 Å². The first-order valence-electron chi connectivity index (χ1n) is 8.17. The van der Waals surface area contributed by atoms with Crippen molar-refractivity contribution in [2.45, 2.75) is 19.9 Å². The molecule has 3 aromatic rings. The minimum Gasteiger partial charge on any atom is -0.0650 e. The van der Waals surface area contributed by atoms with Crippen LogP contribution in [0.4, 0.5) is 0 Å². The highest BCUT2D eigenvalue weighted by molar-refractivity contribution is 7.97. The minimum atomic E-state index is -0.237. The Labute approximate surface area is 143 Å². The van der Waals surface area contributed by atoms with Crippen molar-refractivity contribution in [3.8, 4) is 0 Å². The number of hydrogen-bond acceptors (Lipinski definition) is 0. The Morgan fingerprint density at radius 3 is 1.65 bits per heavy atom. The molecule has 0 amide bonds. The molecule has 0 aliphatic carbocycles. The molecule has 23 heavy (non-hydrogen) atoms. The van der Waals surface area contributed by atoms with Crippen molar-refractivity contribution >= 4 is 27.3 Å². The fraction of sp³-hybridized carbons (Fsp3) is 0.143. The maximum absolute atomic E-state index is 2.36. The summed E-state index contributed by atoms with van der Waals surface area (Å²) in [5, 5.41) is 3.06. The molecule has 0 heterocycles. The van der Waals surface area contributed by atoms with Gasteiger partial charge in [0.1, 0.15) is 0 Å². The predicted octanol–water partition coefficient (Wildman–Crippen LogP) is 4.02. The van der Waals surface area contributed by atoms with Crippen molar-refractivity contribution in [2.75, 3.05) is 0 Å². The van der Waals surface area contributed by atoms with E-state index in [1.165, 1.54) is 33.3 Å². The molecule has 0 spiro atoms. The van der Waals surface area contributed by atoms with Gasteiger partial charge in [0.25, 0.3) is 0 Å². The Bertz CT molecular complexity index is 694. The molecule has 0 nitrogen and oxygen atoms in total. The molecule has 0 unspecified atom stereocenters. The zero-order valence-electron chi connectivity index (χ0n) is 13.9. The third-order valence-electron chi connectivity index (χ3n) is 4.04. The molecular weight excluding hydrogens is 311 g/mol. The molecule has 0 saturated heterocycles. The first-order chi connectivity index (χ1) is 11.2. The second kappa shape index (κ2) is 7.72. The maximum Gasteiger partial charge on any atom is 0.0644 e. The van der Waals surface area contributed by atoms with Gasteiger partial charge in [-0.1, -0.05) is 103 Å². The van der Waals surface area contributed by atoms with E-state index >= 15 is 0 Å². The van der Waals surface area contributed by atoms with Gasteiger partial charge >= 0.3 is 0 Å². The lowest BCUT2D eigenvalue weighted by Gasteiger charge is -2.18. The van der Waals surface area contributed by atoms with Gasteiger partial charge < -0.3 is 0 Å². The van der Waals surface area contributed by atoms with Crippen LogP contribution in [-0.4, -0.2) is 9.19 Å². The molecule has 2 heteroatoms. The Kier molecular flexibility index (Phi) is 5.43. The zero-order chi connectivity index (χ0) is 16.1. The maximum atomic E-state index is 2.36. The van der Waals surface area contributed by atoms with Crippen molar-refractivity contribution in [3.05, 3.63) is 95.6 Å². The molecule has 0 atom stereocenters. The van der Waals surface area contributed by atoms with Gasteiger partial charge in [-0.2, -0.15) is 0 Å². The van der Waals surface area contributed by atoms with Crippen LogP contribution in [0.1, 0.15) is 16.7 Å². The molecule has 0 aliphatic heterocycles. The molecule has 0 fully saturated rings. The summed E-state index contributed by atoms with van der Waals surface area (Å²) in [5.74, 6) is 0. The molecule has 0 saturated carbocycles. The van der Waals surface area contributed by atoms with Crippen LogP contribution in [0, 0.1) is 13.8 Å². The third-order valence-corrected chi connectivity index (χ3v) is 11.3. The van der Waals surface area contributed by atoms with Gasteiger partial charge in [-0.3, -0.25) is 0 Å². The van der Waals surface area contributed by atoms with Gasteiger partial charge in [-0.15, -0.1) is 0 Å². The Hall–Kier alpha value is -1.69. The summed E-state index contributed by atoms with van der Waals surface area (Å²) in [4.78, 5) is 0. The zero-order valence-corrected chi connectivity index (χ0v) is 16.2. The molecule has 3 aromatic carbocycles. The van der Waals surface area contributed by atoms with E-state index in [9.17, 15) is 0 Å². The smallest absolute Gasteiger partial charge is 0.0644 e. The minimum absolute atomic E-state index is 0.155. The normalized spacial score (nSPS) is 11.4. The first-order valence-corrected chi connectivity index (χ1v) is 12.6. The highest BCUT2D eigenvalue weighted by Crippen LogP contribution is 2.32. The molecular formula is C21H23PSi. The van der Waals surface area contributed by atoms with E-state index in [1.807, 2.05) is 0 Å². The second-order valence-electron chi connectivity index (χ2n) is 6.07. The number of aryl methyl sites for hydroxylation is 2. The van der Waals surface area contributed by atoms with Crippen LogP contribution in [-0.2, 0) is 6.04 Å².